The largest absolute Gasteiger partial charge is 0.480 e. The molecule has 0 spiro atoms. The van der Waals surface area contributed by atoms with E-state index in [1.54, 1.807) is 0 Å². The fourth-order valence-corrected chi connectivity index (χ4v) is 6.34. The van der Waals surface area contributed by atoms with Crippen LogP contribution in [0, 0.1) is 28.6 Å². The smallest absolute Gasteiger partial charge is 0.326 e. The zero-order chi connectivity index (χ0) is 27.1. The lowest BCUT2D eigenvalue weighted by Crippen LogP contribution is -2.61. The van der Waals surface area contributed by atoms with Crippen molar-refractivity contribution < 1.29 is 24.3 Å². The zero-order valence-corrected chi connectivity index (χ0v) is 22.4. The number of hydrogen-bond acceptors (Lipinski definition) is 6. The summed E-state index contributed by atoms with van der Waals surface area (Å²) in [5.41, 5.74) is -0.677. The third-order valence-corrected chi connectivity index (χ3v) is 8.63. The van der Waals surface area contributed by atoms with Gasteiger partial charge in [0.05, 0.1) is 6.20 Å². The van der Waals surface area contributed by atoms with Crippen molar-refractivity contribution in [1.29, 1.82) is 0 Å². The topological polar surface area (TPSA) is 142 Å². The van der Waals surface area contributed by atoms with E-state index in [1.165, 1.54) is 23.5 Å². The van der Waals surface area contributed by atoms with Gasteiger partial charge in [-0.15, -0.1) is 0 Å². The van der Waals surface area contributed by atoms with E-state index in [1.807, 2.05) is 34.6 Å². The number of carbonyl (C=O) groups is 4. The monoisotopic (exact) mass is 513 g/mol. The van der Waals surface area contributed by atoms with Crippen molar-refractivity contribution in [3.05, 3.63) is 24.3 Å². The quantitative estimate of drug-likeness (QED) is 0.508. The molecule has 3 N–H and O–H groups in total. The van der Waals surface area contributed by atoms with Crippen molar-refractivity contribution in [2.24, 2.45) is 28.6 Å². The van der Waals surface area contributed by atoms with Crippen molar-refractivity contribution >= 4 is 23.7 Å². The van der Waals surface area contributed by atoms with Gasteiger partial charge in [-0.3, -0.25) is 19.4 Å². The van der Waals surface area contributed by atoms with Crippen LogP contribution in [0.1, 0.15) is 77.2 Å². The second-order valence-electron chi connectivity index (χ2n) is 12.5. The van der Waals surface area contributed by atoms with Crippen LogP contribution in [0.25, 0.3) is 0 Å². The third kappa shape index (κ3) is 5.33. The Bertz CT molecular complexity index is 1050. The Morgan fingerprint density at radius 1 is 1.08 bits per heavy atom. The number of piperidine rings is 1. The van der Waals surface area contributed by atoms with E-state index >= 15 is 0 Å². The van der Waals surface area contributed by atoms with Crippen LogP contribution in [-0.2, 0) is 14.4 Å². The van der Waals surface area contributed by atoms with Crippen molar-refractivity contribution in [2.45, 2.75) is 84.8 Å². The van der Waals surface area contributed by atoms with E-state index in [0.29, 0.717) is 6.54 Å². The molecule has 1 saturated heterocycles. The molecule has 2 saturated carbocycles. The van der Waals surface area contributed by atoms with Gasteiger partial charge >= 0.3 is 5.97 Å². The molecule has 10 nitrogen and oxygen atoms in total. The Morgan fingerprint density at radius 3 is 2.32 bits per heavy atom. The normalized spacial score (nSPS) is 26.5. The average molecular weight is 514 g/mol. The van der Waals surface area contributed by atoms with E-state index in [2.05, 4.69) is 20.6 Å². The minimum Gasteiger partial charge on any atom is -0.480 e. The second-order valence-corrected chi connectivity index (χ2v) is 12.5. The first-order valence-electron chi connectivity index (χ1n) is 13.2. The van der Waals surface area contributed by atoms with Gasteiger partial charge < -0.3 is 20.6 Å². The van der Waals surface area contributed by atoms with Gasteiger partial charge in [0.1, 0.15) is 23.8 Å². The summed E-state index contributed by atoms with van der Waals surface area (Å²) in [5.74, 6) is -2.36. The van der Waals surface area contributed by atoms with Crippen LogP contribution in [0.15, 0.2) is 18.6 Å². The number of aliphatic carboxylic acids is 1. The molecule has 37 heavy (non-hydrogen) atoms. The number of rotatable bonds is 7. The van der Waals surface area contributed by atoms with Gasteiger partial charge in [0.2, 0.25) is 11.8 Å². The number of nitrogens with zero attached hydrogens (tertiary/aromatic N) is 3. The Balaban J connectivity index is 1.55. The van der Waals surface area contributed by atoms with Crippen molar-refractivity contribution in [3.63, 3.8) is 0 Å². The molecular formula is C27H39N5O5. The highest BCUT2D eigenvalue weighted by molar-refractivity contribution is 5.98. The highest BCUT2D eigenvalue weighted by Gasteiger charge is 2.70. The van der Waals surface area contributed by atoms with Gasteiger partial charge in [0.25, 0.3) is 5.91 Å². The van der Waals surface area contributed by atoms with Crippen LogP contribution in [0.5, 0.6) is 0 Å². The van der Waals surface area contributed by atoms with Crippen LogP contribution in [-0.4, -0.2) is 68.3 Å². The van der Waals surface area contributed by atoms with Crippen molar-refractivity contribution in [3.8, 4) is 0 Å². The summed E-state index contributed by atoms with van der Waals surface area (Å²) in [7, 11) is 0. The molecule has 202 valence electrons. The van der Waals surface area contributed by atoms with Crippen LogP contribution >= 0.6 is 0 Å². The van der Waals surface area contributed by atoms with Crippen LogP contribution in [0.4, 0.5) is 0 Å². The number of hydrogen-bond donors (Lipinski definition) is 3. The zero-order valence-electron chi connectivity index (χ0n) is 22.4. The molecule has 0 radical (unpaired) electrons. The number of amides is 3. The van der Waals surface area contributed by atoms with E-state index in [0.717, 1.165) is 32.1 Å². The van der Waals surface area contributed by atoms with E-state index in [-0.39, 0.29) is 34.8 Å². The SMILES string of the molecule is CC(C)(C)[C@H](NC(=O)[C@@H](NC(=O)c1cnccn1)C1CCCCC1)C(=O)N1C[C@H]2C([C@H]1C(=O)O)C2(C)C. The summed E-state index contributed by atoms with van der Waals surface area (Å²) in [6.07, 6.45) is 8.81. The number of aromatic nitrogens is 2. The Kier molecular flexibility index (Phi) is 7.32. The highest BCUT2D eigenvalue weighted by atomic mass is 16.4. The number of likely N-dealkylation sites (tertiary alicyclic amines) is 1. The van der Waals surface area contributed by atoms with Gasteiger partial charge in [-0.25, -0.2) is 9.78 Å². The number of fused-ring (bicyclic) bond motifs is 1. The number of carbonyl (C=O) groups excluding carboxylic acids is 3. The Morgan fingerprint density at radius 2 is 1.76 bits per heavy atom. The van der Waals surface area contributed by atoms with Crippen LogP contribution in [0.2, 0.25) is 0 Å². The lowest BCUT2D eigenvalue weighted by molar-refractivity contribution is -0.153. The molecule has 3 fully saturated rings. The highest BCUT2D eigenvalue weighted by Crippen LogP contribution is 2.65. The van der Waals surface area contributed by atoms with Crippen LogP contribution in [0.3, 0.4) is 0 Å². The average Bonchev–Trinajstić information content (AvgIpc) is 3.18. The summed E-state index contributed by atoms with van der Waals surface area (Å²) >= 11 is 0. The number of carboxylic acids is 1. The van der Waals surface area contributed by atoms with Gasteiger partial charge in [0.15, 0.2) is 0 Å². The van der Waals surface area contributed by atoms with Gasteiger partial charge in [-0.2, -0.15) is 0 Å². The summed E-state index contributed by atoms with van der Waals surface area (Å²) in [6, 6.07) is -2.68. The Hall–Kier alpha value is -3.04. The van der Waals surface area contributed by atoms with Gasteiger partial charge in [0, 0.05) is 24.9 Å². The van der Waals surface area contributed by atoms with Crippen molar-refractivity contribution in [2.75, 3.05) is 6.54 Å². The maximum Gasteiger partial charge on any atom is 0.326 e. The fourth-order valence-electron chi connectivity index (χ4n) is 6.34. The summed E-state index contributed by atoms with van der Waals surface area (Å²) in [6.45, 7) is 9.99. The lowest BCUT2D eigenvalue weighted by atomic mass is 9.82. The summed E-state index contributed by atoms with van der Waals surface area (Å²) in [5, 5.41) is 15.7. The van der Waals surface area contributed by atoms with E-state index < -0.39 is 41.3 Å². The summed E-state index contributed by atoms with van der Waals surface area (Å²) < 4.78 is 0. The van der Waals surface area contributed by atoms with Crippen molar-refractivity contribution in [1.82, 2.24) is 25.5 Å². The Labute approximate surface area is 218 Å². The molecule has 10 heteroatoms. The molecule has 1 aromatic heterocycles. The number of nitrogens with one attached hydrogen (secondary N) is 2. The predicted molar refractivity (Wildman–Crippen MR) is 135 cm³/mol. The minimum absolute atomic E-state index is 0.0721. The standard InChI is InChI=1S/C27H39N5O5/c1-26(2,3)21(24(35)32-14-16-18(27(16,4)5)20(32)25(36)37)31-23(34)19(15-9-7-6-8-10-15)30-22(33)17-13-28-11-12-29-17/h11-13,15-16,18-21H,6-10,14H2,1-5H3,(H,30,33)(H,31,34)(H,36,37)/t16-,18?,19-,20-,21+/m0/s1. The molecule has 5 atom stereocenters. The lowest BCUT2D eigenvalue weighted by Gasteiger charge is -2.38. The molecule has 2 heterocycles. The molecule has 1 aliphatic heterocycles. The molecule has 2 aliphatic carbocycles. The molecule has 3 aliphatic rings. The van der Waals surface area contributed by atoms with Gasteiger partial charge in [-0.1, -0.05) is 53.9 Å². The van der Waals surface area contributed by atoms with Gasteiger partial charge in [-0.05, 0) is 35.5 Å². The molecule has 1 aromatic rings. The predicted octanol–water partition coefficient (Wildman–Crippen LogP) is 2.25. The van der Waals surface area contributed by atoms with E-state index in [4.69, 9.17) is 0 Å². The molecule has 4 rings (SSSR count). The third-order valence-electron chi connectivity index (χ3n) is 8.63. The maximum atomic E-state index is 13.8. The molecule has 0 bridgehead atoms. The number of carboxylic acid groups (broad SMARTS) is 1. The maximum absolute atomic E-state index is 13.8. The first-order valence-corrected chi connectivity index (χ1v) is 13.2. The molecule has 1 unspecified atom stereocenters. The molecule has 0 aromatic carbocycles. The molecular weight excluding hydrogens is 474 g/mol. The summed E-state index contributed by atoms with van der Waals surface area (Å²) in [4.78, 5) is 62.0. The van der Waals surface area contributed by atoms with E-state index in [9.17, 15) is 24.3 Å². The molecule has 3 amide bonds. The fraction of sp³-hybridized carbons (Fsp3) is 0.704. The first kappa shape index (κ1) is 27.0. The minimum atomic E-state index is -1.01. The second kappa shape index (κ2) is 10.0. The van der Waals surface area contributed by atoms with Crippen LogP contribution < -0.4 is 10.6 Å². The first-order chi connectivity index (χ1) is 17.3.